The van der Waals surface area contributed by atoms with E-state index in [0.29, 0.717) is 0 Å². The zero-order valence-electron chi connectivity index (χ0n) is 7.71. The Labute approximate surface area is 100 Å². The molecule has 0 radical (unpaired) electrons. The Kier molecular flexibility index (Phi) is 2.88. The van der Waals surface area contributed by atoms with Crippen LogP contribution in [0.25, 0.3) is 10.1 Å². The molecule has 0 amide bonds. The first-order chi connectivity index (χ1) is 6.74. The van der Waals surface area contributed by atoms with Gasteiger partial charge in [-0.05, 0) is 58.2 Å². The summed E-state index contributed by atoms with van der Waals surface area (Å²) in [7, 11) is 0. The zero-order valence-corrected chi connectivity index (χ0v) is 10.7. The molecule has 72 valence electrons. The molecule has 0 aliphatic carbocycles. The first kappa shape index (κ1) is 10.1. The van der Waals surface area contributed by atoms with Gasteiger partial charge < -0.3 is 0 Å². The quantitative estimate of drug-likeness (QED) is 0.607. The van der Waals surface area contributed by atoms with E-state index >= 15 is 0 Å². The normalized spacial score (nSPS) is 10.7. The van der Waals surface area contributed by atoms with Crippen LogP contribution >= 0.6 is 33.9 Å². The third-order valence-electron chi connectivity index (χ3n) is 2.26. The Morgan fingerprint density at radius 3 is 2.86 bits per heavy atom. The van der Waals surface area contributed by atoms with Gasteiger partial charge in [0.05, 0.1) is 2.88 Å². The van der Waals surface area contributed by atoms with Crippen LogP contribution in [0, 0.1) is 2.88 Å². The van der Waals surface area contributed by atoms with E-state index in [9.17, 15) is 4.79 Å². The molecule has 1 aromatic carbocycles. The summed E-state index contributed by atoms with van der Waals surface area (Å²) in [4.78, 5) is 10.8. The van der Waals surface area contributed by atoms with Gasteiger partial charge in [-0.2, -0.15) is 0 Å². The zero-order chi connectivity index (χ0) is 10.1. The number of hydrogen-bond donors (Lipinski definition) is 0. The highest BCUT2D eigenvalue weighted by Gasteiger charge is 2.05. The number of fused-ring (bicyclic) bond motifs is 1. The molecule has 1 nitrogen and oxygen atoms in total. The summed E-state index contributed by atoms with van der Waals surface area (Å²) in [5.41, 5.74) is 1.97. The van der Waals surface area contributed by atoms with Crippen molar-refractivity contribution in [3.05, 3.63) is 32.2 Å². The topological polar surface area (TPSA) is 17.1 Å². The Morgan fingerprint density at radius 1 is 1.43 bits per heavy atom. The van der Waals surface area contributed by atoms with Gasteiger partial charge in [0.2, 0.25) is 0 Å². The molecule has 0 saturated heterocycles. The minimum absolute atomic E-state index is 0.828. The summed E-state index contributed by atoms with van der Waals surface area (Å²) in [5.74, 6) is 0. The molecule has 14 heavy (non-hydrogen) atoms. The Bertz CT molecular complexity index is 487. The number of carbonyl (C=O) groups excluding carboxylic acids is 1. The summed E-state index contributed by atoms with van der Waals surface area (Å²) >= 11 is 4.08. The van der Waals surface area contributed by atoms with Gasteiger partial charge in [-0.1, -0.05) is 6.92 Å². The average Bonchev–Trinajstić information content (AvgIpc) is 2.54. The number of carbonyl (C=O) groups is 1. The second-order valence-electron chi connectivity index (χ2n) is 3.11. The third kappa shape index (κ3) is 1.70. The van der Waals surface area contributed by atoms with Crippen molar-refractivity contribution in [2.24, 2.45) is 0 Å². The fourth-order valence-corrected chi connectivity index (χ4v) is 3.41. The Hall–Kier alpha value is -0.420. The van der Waals surface area contributed by atoms with Gasteiger partial charge in [-0.3, -0.25) is 4.79 Å². The summed E-state index contributed by atoms with van der Waals surface area (Å²) in [6, 6.07) is 6.23. The smallest absolute Gasteiger partial charge is 0.150 e. The lowest BCUT2D eigenvalue weighted by atomic mass is 10.0. The molecule has 0 unspecified atom stereocenters. The van der Waals surface area contributed by atoms with E-state index in [-0.39, 0.29) is 0 Å². The summed E-state index contributed by atoms with van der Waals surface area (Å²) in [5, 5.41) is 1.18. The van der Waals surface area contributed by atoms with Crippen LogP contribution in [0.1, 0.15) is 22.8 Å². The van der Waals surface area contributed by atoms with Crippen molar-refractivity contribution in [3.63, 3.8) is 0 Å². The lowest BCUT2D eigenvalue weighted by molar-refractivity contribution is 0.112. The van der Waals surface area contributed by atoms with Crippen LogP contribution in [0.2, 0.25) is 0 Å². The standard InChI is InChI=1S/C11H9IOS/c1-2-7-4-10-8(3-9(7)6-13)5-11(12)14-10/h3-6H,2H2,1H3. The highest BCUT2D eigenvalue weighted by molar-refractivity contribution is 14.1. The first-order valence-corrected chi connectivity index (χ1v) is 6.31. The molecule has 0 bridgehead atoms. The van der Waals surface area contributed by atoms with E-state index in [4.69, 9.17) is 0 Å². The van der Waals surface area contributed by atoms with E-state index in [1.54, 1.807) is 11.3 Å². The van der Waals surface area contributed by atoms with E-state index in [1.807, 2.05) is 6.07 Å². The highest BCUT2D eigenvalue weighted by atomic mass is 127. The second-order valence-corrected chi connectivity index (χ2v) is 6.09. The molecule has 0 aliphatic rings. The van der Waals surface area contributed by atoms with Crippen molar-refractivity contribution >= 4 is 50.3 Å². The SMILES string of the molecule is CCc1cc2sc(I)cc2cc1C=O. The van der Waals surface area contributed by atoms with Crippen LogP contribution in [0.5, 0.6) is 0 Å². The van der Waals surface area contributed by atoms with Crippen molar-refractivity contribution < 1.29 is 4.79 Å². The predicted octanol–water partition coefficient (Wildman–Crippen LogP) is 3.88. The number of aldehydes is 1. The lowest BCUT2D eigenvalue weighted by Gasteiger charge is -2.00. The highest BCUT2D eigenvalue weighted by Crippen LogP contribution is 2.29. The van der Waals surface area contributed by atoms with E-state index in [2.05, 4.69) is 41.6 Å². The second kappa shape index (κ2) is 3.98. The fourth-order valence-electron chi connectivity index (χ4n) is 1.53. The van der Waals surface area contributed by atoms with Crippen LogP contribution < -0.4 is 0 Å². The van der Waals surface area contributed by atoms with E-state index in [0.717, 1.165) is 23.8 Å². The van der Waals surface area contributed by atoms with Crippen LogP contribution in [0.4, 0.5) is 0 Å². The van der Waals surface area contributed by atoms with Gasteiger partial charge in [0.25, 0.3) is 0 Å². The Morgan fingerprint density at radius 2 is 2.21 bits per heavy atom. The molecular weight excluding hydrogens is 307 g/mol. The van der Waals surface area contributed by atoms with Gasteiger partial charge in [0.1, 0.15) is 6.29 Å². The maximum absolute atomic E-state index is 10.8. The van der Waals surface area contributed by atoms with Crippen LogP contribution in [-0.2, 0) is 6.42 Å². The van der Waals surface area contributed by atoms with Crippen LogP contribution in [0.15, 0.2) is 18.2 Å². The van der Waals surface area contributed by atoms with Crippen LogP contribution in [-0.4, -0.2) is 6.29 Å². The van der Waals surface area contributed by atoms with Gasteiger partial charge in [0.15, 0.2) is 0 Å². The molecule has 0 aliphatic heterocycles. The Balaban J connectivity index is 2.74. The van der Waals surface area contributed by atoms with Gasteiger partial charge >= 0.3 is 0 Å². The number of thiophene rings is 1. The van der Waals surface area contributed by atoms with Crippen molar-refractivity contribution in [1.29, 1.82) is 0 Å². The van der Waals surface area contributed by atoms with Gasteiger partial charge in [-0.25, -0.2) is 0 Å². The molecule has 3 heteroatoms. The van der Waals surface area contributed by atoms with Crippen molar-refractivity contribution in [1.82, 2.24) is 0 Å². The first-order valence-electron chi connectivity index (χ1n) is 4.41. The molecule has 0 fully saturated rings. The number of rotatable bonds is 2. The molecule has 2 aromatic rings. The minimum Gasteiger partial charge on any atom is -0.298 e. The van der Waals surface area contributed by atoms with Crippen molar-refractivity contribution in [3.8, 4) is 0 Å². The number of aryl methyl sites for hydroxylation is 1. The summed E-state index contributed by atoms with van der Waals surface area (Å²) in [6.07, 6.45) is 1.86. The fraction of sp³-hybridized carbons (Fsp3) is 0.182. The number of benzene rings is 1. The molecule has 0 N–H and O–H groups in total. The molecule has 0 atom stereocenters. The number of halogens is 1. The maximum atomic E-state index is 10.8. The molecule has 1 heterocycles. The molecule has 1 aromatic heterocycles. The molecule has 2 rings (SSSR count). The maximum Gasteiger partial charge on any atom is 0.150 e. The summed E-state index contributed by atoms with van der Waals surface area (Å²) < 4.78 is 2.54. The number of hydrogen-bond acceptors (Lipinski definition) is 2. The van der Waals surface area contributed by atoms with Crippen molar-refractivity contribution in [2.45, 2.75) is 13.3 Å². The van der Waals surface area contributed by atoms with Gasteiger partial charge in [-0.15, -0.1) is 11.3 Å². The van der Waals surface area contributed by atoms with E-state index in [1.165, 1.54) is 13.0 Å². The molecule has 0 spiro atoms. The predicted molar refractivity (Wildman–Crippen MR) is 69.3 cm³/mol. The minimum atomic E-state index is 0.828. The largest absolute Gasteiger partial charge is 0.298 e. The monoisotopic (exact) mass is 316 g/mol. The lowest BCUT2D eigenvalue weighted by Crippen LogP contribution is -1.89. The van der Waals surface area contributed by atoms with Gasteiger partial charge in [0, 0.05) is 10.3 Å². The average molecular weight is 316 g/mol. The molecule has 0 saturated carbocycles. The van der Waals surface area contributed by atoms with Crippen molar-refractivity contribution in [2.75, 3.05) is 0 Å². The van der Waals surface area contributed by atoms with E-state index < -0.39 is 0 Å². The third-order valence-corrected chi connectivity index (χ3v) is 4.11. The summed E-state index contributed by atoms with van der Waals surface area (Å²) in [6.45, 7) is 2.08. The molecular formula is C11H9IOS. The van der Waals surface area contributed by atoms with Crippen LogP contribution in [0.3, 0.4) is 0 Å².